The molecule has 1 unspecified atom stereocenters. The lowest BCUT2D eigenvalue weighted by atomic mass is 10.1. The molecule has 1 fully saturated rings. The fourth-order valence-corrected chi connectivity index (χ4v) is 4.87. The molecular weight excluding hydrogens is 350 g/mol. The summed E-state index contributed by atoms with van der Waals surface area (Å²) >= 11 is 0. The topological polar surface area (TPSA) is 78.5 Å². The predicted octanol–water partition coefficient (Wildman–Crippen LogP) is 2.27. The first kappa shape index (κ1) is 18.8. The van der Waals surface area contributed by atoms with Crippen molar-refractivity contribution in [3.63, 3.8) is 0 Å². The summed E-state index contributed by atoms with van der Waals surface area (Å²) in [5.74, 6) is 0.0869. The second-order valence-electron chi connectivity index (χ2n) is 7.05. The van der Waals surface area contributed by atoms with E-state index in [-0.39, 0.29) is 10.8 Å². The van der Waals surface area contributed by atoms with Crippen LogP contribution in [0.5, 0.6) is 0 Å². The minimum absolute atomic E-state index is 0.228. The highest BCUT2D eigenvalue weighted by molar-refractivity contribution is 7.89. The van der Waals surface area contributed by atoms with Gasteiger partial charge in [0.05, 0.1) is 4.90 Å². The summed E-state index contributed by atoms with van der Waals surface area (Å²) in [6, 6.07) is 12.0. The number of carbonyl (C=O) groups excluding carboxylic acids is 1. The SMILES string of the molecule is CC(C)CNNC(=O)C1CCCN1S(=O)(=O)c1ccc2ccccc2c1. The largest absolute Gasteiger partial charge is 0.290 e. The van der Waals surface area contributed by atoms with Gasteiger partial charge in [-0.2, -0.15) is 4.31 Å². The van der Waals surface area contributed by atoms with E-state index in [4.69, 9.17) is 0 Å². The number of rotatable bonds is 6. The van der Waals surface area contributed by atoms with Crippen molar-refractivity contribution in [2.75, 3.05) is 13.1 Å². The Morgan fingerprint density at radius 2 is 1.92 bits per heavy atom. The minimum atomic E-state index is -3.72. The predicted molar refractivity (Wildman–Crippen MR) is 102 cm³/mol. The van der Waals surface area contributed by atoms with Crippen molar-refractivity contribution in [2.45, 2.75) is 37.6 Å². The highest BCUT2D eigenvalue weighted by Gasteiger charge is 2.39. The molecule has 26 heavy (non-hydrogen) atoms. The fourth-order valence-electron chi connectivity index (χ4n) is 3.18. The molecule has 0 saturated carbocycles. The average molecular weight is 375 g/mol. The molecule has 3 rings (SSSR count). The summed E-state index contributed by atoms with van der Waals surface area (Å²) in [4.78, 5) is 12.7. The van der Waals surface area contributed by atoms with Crippen LogP contribution in [0.25, 0.3) is 10.8 Å². The molecule has 2 aromatic carbocycles. The molecule has 1 heterocycles. The van der Waals surface area contributed by atoms with Crippen LogP contribution in [0.15, 0.2) is 47.4 Å². The lowest BCUT2D eigenvalue weighted by Gasteiger charge is -2.24. The number of sulfonamides is 1. The zero-order valence-corrected chi connectivity index (χ0v) is 15.9. The van der Waals surface area contributed by atoms with E-state index < -0.39 is 16.1 Å². The van der Waals surface area contributed by atoms with Gasteiger partial charge in [-0.15, -0.1) is 0 Å². The minimum Gasteiger partial charge on any atom is -0.290 e. The van der Waals surface area contributed by atoms with E-state index in [0.717, 1.165) is 10.8 Å². The molecular formula is C19H25N3O3S. The number of hydrogen-bond donors (Lipinski definition) is 2. The molecule has 2 N–H and O–H groups in total. The maximum absolute atomic E-state index is 13.1. The van der Waals surface area contributed by atoms with E-state index in [0.29, 0.717) is 31.8 Å². The van der Waals surface area contributed by atoms with Gasteiger partial charge in [-0.25, -0.2) is 13.8 Å². The molecule has 1 aliphatic rings. The Hall–Kier alpha value is -1.96. The van der Waals surface area contributed by atoms with Crippen LogP contribution in [0.1, 0.15) is 26.7 Å². The van der Waals surface area contributed by atoms with Gasteiger partial charge in [0, 0.05) is 13.1 Å². The molecule has 0 bridgehead atoms. The second-order valence-corrected chi connectivity index (χ2v) is 8.94. The zero-order valence-electron chi connectivity index (χ0n) is 15.1. The first-order valence-electron chi connectivity index (χ1n) is 8.93. The number of hydrogen-bond acceptors (Lipinski definition) is 4. The lowest BCUT2D eigenvalue weighted by molar-refractivity contribution is -0.125. The normalized spacial score (nSPS) is 18.5. The van der Waals surface area contributed by atoms with E-state index in [1.54, 1.807) is 18.2 Å². The quantitative estimate of drug-likeness (QED) is 0.759. The van der Waals surface area contributed by atoms with Crippen molar-refractivity contribution in [3.05, 3.63) is 42.5 Å². The van der Waals surface area contributed by atoms with Gasteiger partial charge < -0.3 is 0 Å². The number of nitrogens with one attached hydrogen (secondary N) is 2. The van der Waals surface area contributed by atoms with E-state index in [1.165, 1.54) is 4.31 Å². The van der Waals surface area contributed by atoms with Crippen molar-refractivity contribution in [2.24, 2.45) is 5.92 Å². The summed E-state index contributed by atoms with van der Waals surface area (Å²) in [6.07, 6.45) is 1.21. The summed E-state index contributed by atoms with van der Waals surface area (Å²) in [5, 5.41) is 1.85. The van der Waals surface area contributed by atoms with Crippen molar-refractivity contribution >= 4 is 26.7 Å². The Morgan fingerprint density at radius 1 is 1.19 bits per heavy atom. The van der Waals surface area contributed by atoms with Crippen LogP contribution in [0, 0.1) is 5.92 Å². The van der Waals surface area contributed by atoms with E-state index in [2.05, 4.69) is 10.9 Å². The zero-order chi connectivity index (χ0) is 18.7. The first-order chi connectivity index (χ1) is 12.4. The van der Waals surface area contributed by atoms with Crippen LogP contribution < -0.4 is 10.9 Å². The molecule has 0 radical (unpaired) electrons. The molecule has 6 nitrogen and oxygen atoms in total. The molecule has 1 atom stereocenters. The molecule has 0 aliphatic carbocycles. The third-order valence-corrected chi connectivity index (χ3v) is 6.46. The first-order valence-corrected chi connectivity index (χ1v) is 10.4. The van der Waals surface area contributed by atoms with Gasteiger partial charge in [0.25, 0.3) is 5.91 Å². The summed E-state index contributed by atoms with van der Waals surface area (Å²) in [6.45, 7) is 5.06. The fraction of sp³-hybridized carbons (Fsp3) is 0.421. The van der Waals surface area contributed by atoms with Gasteiger partial charge in [0.1, 0.15) is 6.04 Å². The van der Waals surface area contributed by atoms with Crippen LogP contribution in [0.2, 0.25) is 0 Å². The maximum Gasteiger partial charge on any atom is 0.252 e. The number of benzene rings is 2. The van der Waals surface area contributed by atoms with Gasteiger partial charge in [-0.1, -0.05) is 44.2 Å². The monoisotopic (exact) mass is 375 g/mol. The van der Waals surface area contributed by atoms with Crippen LogP contribution in [-0.2, 0) is 14.8 Å². The van der Waals surface area contributed by atoms with Gasteiger partial charge in [0.15, 0.2) is 0 Å². The Bertz CT molecular complexity index is 896. The molecule has 1 aliphatic heterocycles. The number of fused-ring (bicyclic) bond motifs is 1. The van der Waals surface area contributed by atoms with Gasteiger partial charge in [0.2, 0.25) is 10.0 Å². The van der Waals surface area contributed by atoms with Crippen LogP contribution in [-0.4, -0.2) is 37.8 Å². The molecule has 2 aromatic rings. The Morgan fingerprint density at radius 3 is 2.65 bits per heavy atom. The van der Waals surface area contributed by atoms with Gasteiger partial charge in [-0.3, -0.25) is 10.2 Å². The van der Waals surface area contributed by atoms with Crippen LogP contribution >= 0.6 is 0 Å². The standard InChI is InChI=1S/C19H25N3O3S/c1-14(2)13-20-21-19(23)18-8-5-11-22(18)26(24,25)17-10-9-15-6-3-4-7-16(15)12-17/h3-4,6-7,9-10,12,14,18,20H,5,8,11,13H2,1-2H3,(H,21,23). The Balaban J connectivity index is 1.81. The van der Waals surface area contributed by atoms with Crippen LogP contribution in [0.3, 0.4) is 0 Å². The molecule has 0 spiro atoms. The van der Waals surface area contributed by atoms with E-state index >= 15 is 0 Å². The van der Waals surface area contributed by atoms with Crippen molar-refractivity contribution in [1.82, 2.24) is 15.2 Å². The smallest absolute Gasteiger partial charge is 0.252 e. The van der Waals surface area contributed by atoms with E-state index in [1.807, 2.05) is 38.1 Å². The molecule has 1 saturated heterocycles. The summed E-state index contributed by atoms with van der Waals surface area (Å²) in [5.41, 5.74) is 5.52. The number of nitrogens with zero attached hydrogens (tertiary/aromatic N) is 1. The molecule has 140 valence electrons. The number of amides is 1. The third kappa shape index (κ3) is 3.90. The van der Waals surface area contributed by atoms with E-state index in [9.17, 15) is 13.2 Å². The van der Waals surface area contributed by atoms with Gasteiger partial charge >= 0.3 is 0 Å². The second kappa shape index (κ2) is 7.73. The highest BCUT2D eigenvalue weighted by atomic mass is 32.2. The van der Waals surface area contributed by atoms with Gasteiger partial charge in [-0.05, 0) is 41.7 Å². The molecule has 0 aromatic heterocycles. The Kier molecular flexibility index (Phi) is 5.60. The average Bonchev–Trinajstić information content (AvgIpc) is 3.11. The summed E-state index contributed by atoms with van der Waals surface area (Å²) < 4.78 is 27.5. The third-order valence-electron chi connectivity index (χ3n) is 4.56. The van der Waals surface area contributed by atoms with Crippen LogP contribution in [0.4, 0.5) is 0 Å². The number of hydrazine groups is 1. The van der Waals surface area contributed by atoms with Crippen molar-refractivity contribution in [1.29, 1.82) is 0 Å². The number of carbonyl (C=O) groups is 1. The van der Waals surface area contributed by atoms with Crippen molar-refractivity contribution < 1.29 is 13.2 Å². The summed E-state index contributed by atoms with van der Waals surface area (Å²) in [7, 11) is -3.72. The lowest BCUT2D eigenvalue weighted by Crippen LogP contribution is -2.50. The molecule has 1 amide bonds. The highest BCUT2D eigenvalue weighted by Crippen LogP contribution is 2.28. The Labute approximate surface area is 154 Å². The van der Waals surface area contributed by atoms with Crippen molar-refractivity contribution in [3.8, 4) is 0 Å². The maximum atomic E-state index is 13.1. The molecule has 7 heteroatoms.